The Morgan fingerprint density at radius 1 is 1.53 bits per heavy atom. The normalized spacial score (nSPS) is 19.6. The predicted molar refractivity (Wildman–Crippen MR) is 71.8 cm³/mol. The van der Waals surface area contributed by atoms with Crippen molar-refractivity contribution in [2.24, 2.45) is 0 Å². The molecule has 100 valence electrons. The number of rotatable bonds is 2. The second-order valence-electron chi connectivity index (χ2n) is 4.76. The molecule has 1 fully saturated rings. The monoisotopic (exact) mass is 277 g/mol. The van der Waals surface area contributed by atoms with E-state index in [0.717, 1.165) is 24.9 Å². The molecule has 1 unspecified atom stereocenters. The third kappa shape index (κ3) is 2.53. The Hall–Kier alpha value is -1.69. The van der Waals surface area contributed by atoms with Gasteiger partial charge in [0, 0.05) is 31.0 Å². The number of aromatic nitrogens is 2. The van der Waals surface area contributed by atoms with Crippen LogP contribution < -0.4 is 0 Å². The minimum atomic E-state index is 0.113. The van der Waals surface area contributed by atoms with Crippen molar-refractivity contribution in [3.63, 3.8) is 0 Å². The molecule has 2 aromatic rings. The molecule has 3 rings (SSSR count). The molecular formula is C13H15N3O2S. The van der Waals surface area contributed by atoms with Gasteiger partial charge in [-0.15, -0.1) is 10.2 Å². The van der Waals surface area contributed by atoms with Gasteiger partial charge < -0.3 is 9.32 Å². The summed E-state index contributed by atoms with van der Waals surface area (Å²) in [5.41, 5.74) is 0.961. The van der Waals surface area contributed by atoms with Crippen molar-refractivity contribution in [1.29, 1.82) is 0 Å². The van der Waals surface area contributed by atoms with Crippen LogP contribution in [0.25, 0.3) is 11.5 Å². The minimum Gasteiger partial charge on any atom is -0.420 e. The SMILES string of the molecule is CC(=O)N1CCCC(c2nnc(-c3ccsc3)o2)C1. The van der Waals surface area contributed by atoms with Gasteiger partial charge in [-0.3, -0.25) is 4.79 Å². The zero-order valence-electron chi connectivity index (χ0n) is 10.7. The fourth-order valence-electron chi connectivity index (χ4n) is 2.37. The zero-order chi connectivity index (χ0) is 13.2. The third-order valence-electron chi connectivity index (χ3n) is 3.42. The number of hydrogen-bond donors (Lipinski definition) is 0. The molecule has 2 aromatic heterocycles. The van der Waals surface area contributed by atoms with Crippen LogP contribution in [0.4, 0.5) is 0 Å². The van der Waals surface area contributed by atoms with Crippen LogP contribution in [0.15, 0.2) is 21.2 Å². The van der Waals surface area contributed by atoms with E-state index in [1.54, 1.807) is 18.3 Å². The lowest BCUT2D eigenvalue weighted by molar-refractivity contribution is -0.130. The second kappa shape index (κ2) is 5.13. The molecule has 6 heteroatoms. The van der Waals surface area contributed by atoms with Crippen LogP contribution in [0.2, 0.25) is 0 Å². The lowest BCUT2D eigenvalue weighted by atomic mass is 9.98. The lowest BCUT2D eigenvalue weighted by Gasteiger charge is -2.30. The number of thiophene rings is 1. The van der Waals surface area contributed by atoms with Gasteiger partial charge in [0.2, 0.25) is 17.7 Å². The molecule has 1 amide bonds. The molecular weight excluding hydrogens is 262 g/mol. The summed E-state index contributed by atoms with van der Waals surface area (Å²) in [6.45, 7) is 3.12. The lowest BCUT2D eigenvalue weighted by Crippen LogP contribution is -2.37. The van der Waals surface area contributed by atoms with E-state index >= 15 is 0 Å². The first kappa shape index (κ1) is 12.3. The Morgan fingerprint density at radius 2 is 2.42 bits per heavy atom. The Balaban J connectivity index is 1.77. The van der Waals surface area contributed by atoms with E-state index in [-0.39, 0.29) is 11.8 Å². The summed E-state index contributed by atoms with van der Waals surface area (Å²) in [6.07, 6.45) is 1.98. The average Bonchev–Trinajstić information content (AvgIpc) is 3.09. The number of likely N-dealkylation sites (tertiary alicyclic amines) is 1. The first-order valence-electron chi connectivity index (χ1n) is 6.35. The van der Waals surface area contributed by atoms with Crippen molar-refractivity contribution in [1.82, 2.24) is 15.1 Å². The number of carbonyl (C=O) groups is 1. The van der Waals surface area contributed by atoms with E-state index in [4.69, 9.17) is 4.42 Å². The van der Waals surface area contributed by atoms with Crippen LogP contribution in [-0.2, 0) is 4.79 Å². The van der Waals surface area contributed by atoms with Gasteiger partial charge >= 0.3 is 0 Å². The number of nitrogens with zero attached hydrogens (tertiary/aromatic N) is 3. The minimum absolute atomic E-state index is 0.113. The van der Waals surface area contributed by atoms with E-state index in [1.807, 2.05) is 21.7 Å². The van der Waals surface area contributed by atoms with Gasteiger partial charge in [0.15, 0.2) is 0 Å². The molecule has 5 nitrogen and oxygen atoms in total. The summed E-state index contributed by atoms with van der Waals surface area (Å²) in [7, 11) is 0. The van der Waals surface area contributed by atoms with Gasteiger partial charge in [-0.1, -0.05) is 0 Å². The van der Waals surface area contributed by atoms with Crippen molar-refractivity contribution in [3.8, 4) is 11.5 Å². The molecule has 1 atom stereocenters. The molecule has 0 bridgehead atoms. The van der Waals surface area contributed by atoms with Crippen molar-refractivity contribution in [2.45, 2.75) is 25.7 Å². The summed E-state index contributed by atoms with van der Waals surface area (Å²) in [5.74, 6) is 1.49. The largest absolute Gasteiger partial charge is 0.420 e. The molecule has 0 radical (unpaired) electrons. The van der Waals surface area contributed by atoms with E-state index in [2.05, 4.69) is 10.2 Å². The van der Waals surface area contributed by atoms with Crippen molar-refractivity contribution < 1.29 is 9.21 Å². The van der Waals surface area contributed by atoms with E-state index in [1.165, 1.54) is 0 Å². The van der Waals surface area contributed by atoms with Gasteiger partial charge in [-0.25, -0.2) is 0 Å². The highest BCUT2D eigenvalue weighted by Crippen LogP contribution is 2.28. The van der Waals surface area contributed by atoms with Crippen molar-refractivity contribution in [3.05, 3.63) is 22.7 Å². The summed E-state index contributed by atoms with van der Waals surface area (Å²) in [5, 5.41) is 12.2. The number of hydrogen-bond acceptors (Lipinski definition) is 5. The van der Waals surface area contributed by atoms with Crippen molar-refractivity contribution in [2.75, 3.05) is 13.1 Å². The van der Waals surface area contributed by atoms with Crippen molar-refractivity contribution >= 4 is 17.2 Å². The summed E-state index contributed by atoms with van der Waals surface area (Å²) in [4.78, 5) is 13.3. The maximum atomic E-state index is 11.4. The molecule has 1 saturated heterocycles. The summed E-state index contributed by atoms with van der Waals surface area (Å²) < 4.78 is 5.74. The van der Waals surface area contributed by atoms with Crippen LogP contribution in [0.1, 0.15) is 31.6 Å². The van der Waals surface area contributed by atoms with Gasteiger partial charge in [0.05, 0.1) is 5.92 Å². The number of amides is 1. The predicted octanol–water partition coefficient (Wildman–Crippen LogP) is 2.52. The fraction of sp³-hybridized carbons (Fsp3) is 0.462. The molecule has 0 spiro atoms. The Kier molecular flexibility index (Phi) is 3.33. The highest BCUT2D eigenvalue weighted by molar-refractivity contribution is 7.08. The molecule has 19 heavy (non-hydrogen) atoms. The van der Waals surface area contributed by atoms with Gasteiger partial charge in [-0.05, 0) is 24.3 Å². The molecule has 1 aliphatic heterocycles. The smallest absolute Gasteiger partial charge is 0.248 e. The van der Waals surface area contributed by atoms with Gasteiger partial charge in [0.25, 0.3) is 0 Å². The summed E-state index contributed by atoms with van der Waals surface area (Å²) in [6, 6.07) is 1.96. The zero-order valence-corrected chi connectivity index (χ0v) is 11.5. The van der Waals surface area contributed by atoms with Gasteiger partial charge in [0.1, 0.15) is 0 Å². The highest BCUT2D eigenvalue weighted by atomic mass is 32.1. The van der Waals surface area contributed by atoms with Crippen LogP contribution in [0.5, 0.6) is 0 Å². The molecule has 0 aromatic carbocycles. The molecule has 1 aliphatic rings. The van der Waals surface area contributed by atoms with E-state index in [9.17, 15) is 4.79 Å². The van der Waals surface area contributed by atoms with Crippen LogP contribution in [0, 0.1) is 0 Å². The highest BCUT2D eigenvalue weighted by Gasteiger charge is 2.27. The van der Waals surface area contributed by atoms with Crippen LogP contribution >= 0.6 is 11.3 Å². The topological polar surface area (TPSA) is 59.2 Å². The molecule has 0 aliphatic carbocycles. The third-order valence-corrected chi connectivity index (χ3v) is 4.11. The molecule has 0 saturated carbocycles. The first-order valence-corrected chi connectivity index (χ1v) is 7.30. The quantitative estimate of drug-likeness (QED) is 0.846. The summed E-state index contributed by atoms with van der Waals surface area (Å²) >= 11 is 1.60. The Bertz CT molecular complexity index is 564. The number of piperidine rings is 1. The number of carbonyl (C=O) groups excluding carboxylic acids is 1. The van der Waals surface area contributed by atoms with E-state index in [0.29, 0.717) is 18.3 Å². The van der Waals surface area contributed by atoms with Crippen LogP contribution in [-0.4, -0.2) is 34.1 Å². The average molecular weight is 277 g/mol. The van der Waals surface area contributed by atoms with Crippen LogP contribution in [0.3, 0.4) is 0 Å². The maximum absolute atomic E-state index is 11.4. The van der Waals surface area contributed by atoms with Gasteiger partial charge in [-0.2, -0.15) is 11.3 Å². The fourth-order valence-corrected chi connectivity index (χ4v) is 3.00. The molecule has 0 N–H and O–H groups in total. The Labute approximate surface area is 115 Å². The second-order valence-corrected chi connectivity index (χ2v) is 5.54. The standard InChI is InChI=1S/C13H15N3O2S/c1-9(17)16-5-2-3-10(7-16)12-14-15-13(18-12)11-4-6-19-8-11/h4,6,8,10H,2-3,5,7H2,1H3. The Morgan fingerprint density at radius 3 is 3.16 bits per heavy atom. The first-order chi connectivity index (χ1) is 9.24. The molecule has 3 heterocycles. The maximum Gasteiger partial charge on any atom is 0.248 e. The van der Waals surface area contributed by atoms with E-state index < -0.39 is 0 Å².